The molecule has 3 saturated carbocycles. The van der Waals surface area contributed by atoms with Gasteiger partial charge in [-0.15, -0.1) is 0 Å². The van der Waals surface area contributed by atoms with Gasteiger partial charge in [-0.05, 0) is 73.5 Å². The fourth-order valence-corrected chi connectivity index (χ4v) is 7.56. The molecule has 4 aliphatic rings. The van der Waals surface area contributed by atoms with Crippen LogP contribution in [0.4, 0.5) is 0 Å². The van der Waals surface area contributed by atoms with Crippen LogP contribution in [0.15, 0.2) is 0 Å². The number of aliphatic carboxylic acids is 1. The molecule has 0 radical (unpaired) electrons. The Kier molecular flexibility index (Phi) is 3.57. The predicted octanol–water partition coefficient (Wildman–Crippen LogP) is 3.55. The maximum absolute atomic E-state index is 12.2. The summed E-state index contributed by atoms with van der Waals surface area (Å²) in [5, 5.41) is 9.67. The van der Waals surface area contributed by atoms with E-state index in [1.807, 2.05) is 11.9 Å². The maximum Gasteiger partial charge on any atom is 0.307 e. The van der Waals surface area contributed by atoms with Crippen molar-refractivity contribution in [2.45, 2.75) is 71.3 Å². The molecule has 2 unspecified atom stereocenters. The number of fused-ring (bicyclic) bond motifs is 5. The van der Waals surface area contributed by atoms with Crippen LogP contribution in [0.2, 0.25) is 0 Å². The Balaban J connectivity index is 1.64. The summed E-state index contributed by atoms with van der Waals surface area (Å²) in [7, 11) is 1.99. The molecule has 4 rings (SSSR count). The van der Waals surface area contributed by atoms with Crippen molar-refractivity contribution in [2.75, 3.05) is 7.05 Å². The molecule has 0 aromatic carbocycles. The van der Waals surface area contributed by atoms with Gasteiger partial charge in [-0.1, -0.05) is 13.8 Å². The van der Waals surface area contributed by atoms with Gasteiger partial charge < -0.3 is 10.0 Å². The van der Waals surface area contributed by atoms with Gasteiger partial charge in [0.1, 0.15) is 0 Å². The lowest BCUT2D eigenvalue weighted by atomic mass is 9.47. The molecule has 7 atom stereocenters. The van der Waals surface area contributed by atoms with Crippen molar-refractivity contribution in [1.82, 2.24) is 4.90 Å². The SMILES string of the molecule is CN1C(=O)CC[C@]2(C)C3CC[C@]4(C)[C@@H](C(=O)O)CC[C@H]4C3CC[C@@H]12. The minimum Gasteiger partial charge on any atom is -0.481 e. The highest BCUT2D eigenvalue weighted by atomic mass is 16.4. The van der Waals surface area contributed by atoms with Gasteiger partial charge in [-0.2, -0.15) is 0 Å². The summed E-state index contributed by atoms with van der Waals surface area (Å²) in [5.41, 5.74) is 0.223. The molecular weight excluding hydrogens is 302 g/mol. The van der Waals surface area contributed by atoms with E-state index in [-0.39, 0.29) is 16.7 Å². The fourth-order valence-electron chi connectivity index (χ4n) is 7.56. The summed E-state index contributed by atoms with van der Waals surface area (Å²) in [4.78, 5) is 25.9. The third-order valence-corrected chi connectivity index (χ3v) is 8.86. The minimum absolute atomic E-state index is 0.00736. The molecule has 134 valence electrons. The number of carbonyl (C=O) groups is 2. The molecule has 3 aliphatic carbocycles. The zero-order valence-electron chi connectivity index (χ0n) is 15.3. The van der Waals surface area contributed by atoms with E-state index in [4.69, 9.17) is 0 Å². The zero-order chi connectivity index (χ0) is 17.3. The number of piperidine rings is 1. The van der Waals surface area contributed by atoms with Crippen LogP contribution < -0.4 is 0 Å². The summed E-state index contributed by atoms with van der Waals surface area (Å²) in [6, 6.07) is 0.390. The quantitative estimate of drug-likeness (QED) is 0.798. The largest absolute Gasteiger partial charge is 0.481 e. The Bertz CT molecular complexity index is 575. The second-order valence-electron chi connectivity index (χ2n) is 9.49. The minimum atomic E-state index is -0.582. The van der Waals surface area contributed by atoms with Crippen LogP contribution in [0, 0.1) is 34.5 Å². The topological polar surface area (TPSA) is 57.6 Å². The zero-order valence-corrected chi connectivity index (χ0v) is 15.3. The number of amides is 1. The van der Waals surface area contributed by atoms with Gasteiger partial charge in [-0.25, -0.2) is 0 Å². The van der Waals surface area contributed by atoms with Crippen molar-refractivity contribution in [3.8, 4) is 0 Å². The van der Waals surface area contributed by atoms with Gasteiger partial charge in [0.25, 0.3) is 0 Å². The summed E-state index contributed by atoms with van der Waals surface area (Å²) < 4.78 is 0. The molecule has 24 heavy (non-hydrogen) atoms. The van der Waals surface area contributed by atoms with Crippen LogP contribution in [0.3, 0.4) is 0 Å². The van der Waals surface area contributed by atoms with E-state index in [9.17, 15) is 14.7 Å². The number of carbonyl (C=O) groups excluding carboxylic acids is 1. The number of nitrogens with zero attached hydrogens (tertiary/aromatic N) is 1. The molecule has 0 spiro atoms. The van der Waals surface area contributed by atoms with Crippen LogP contribution in [0.5, 0.6) is 0 Å². The molecule has 4 heteroatoms. The van der Waals surface area contributed by atoms with E-state index in [2.05, 4.69) is 13.8 Å². The fraction of sp³-hybridized carbons (Fsp3) is 0.900. The molecular formula is C20H31NO3. The number of hydrogen-bond donors (Lipinski definition) is 1. The van der Waals surface area contributed by atoms with Crippen molar-refractivity contribution < 1.29 is 14.7 Å². The van der Waals surface area contributed by atoms with Gasteiger partial charge >= 0.3 is 5.97 Å². The number of carboxylic acids is 1. The van der Waals surface area contributed by atoms with E-state index in [0.29, 0.717) is 36.1 Å². The van der Waals surface area contributed by atoms with E-state index < -0.39 is 5.97 Å². The van der Waals surface area contributed by atoms with Gasteiger partial charge in [0.2, 0.25) is 5.91 Å². The highest BCUT2D eigenvalue weighted by molar-refractivity contribution is 5.77. The van der Waals surface area contributed by atoms with Crippen molar-refractivity contribution in [1.29, 1.82) is 0 Å². The van der Waals surface area contributed by atoms with Gasteiger partial charge in [0.05, 0.1) is 5.92 Å². The number of hydrogen-bond acceptors (Lipinski definition) is 2. The standard InChI is InChI=1S/C20H31NO3/c1-19-10-8-14-12(13(19)5-6-15(19)18(23)24)4-7-16-20(14,2)11-9-17(22)21(16)3/h12-16H,4-11H2,1-3H3,(H,23,24)/t12?,13-,14?,15+,16+,19-,20+/m0/s1. The van der Waals surface area contributed by atoms with E-state index in [0.717, 1.165) is 38.5 Å². The second kappa shape index (κ2) is 5.22. The van der Waals surface area contributed by atoms with Crippen molar-refractivity contribution in [3.63, 3.8) is 0 Å². The van der Waals surface area contributed by atoms with Crippen molar-refractivity contribution in [2.24, 2.45) is 34.5 Å². The average molecular weight is 333 g/mol. The summed E-state index contributed by atoms with van der Waals surface area (Å²) in [6.07, 6.45) is 8.13. The Labute approximate surface area is 145 Å². The molecule has 0 aromatic heterocycles. The van der Waals surface area contributed by atoms with Crippen molar-refractivity contribution >= 4 is 11.9 Å². The number of rotatable bonds is 1. The third-order valence-electron chi connectivity index (χ3n) is 8.86. The van der Waals surface area contributed by atoms with E-state index in [1.165, 1.54) is 6.42 Å². The van der Waals surface area contributed by atoms with Crippen LogP contribution in [-0.2, 0) is 9.59 Å². The molecule has 4 fully saturated rings. The van der Waals surface area contributed by atoms with Gasteiger partial charge in [-0.3, -0.25) is 9.59 Å². The lowest BCUT2D eigenvalue weighted by Gasteiger charge is -2.61. The smallest absolute Gasteiger partial charge is 0.307 e. The Morgan fingerprint density at radius 2 is 1.75 bits per heavy atom. The lowest BCUT2D eigenvalue weighted by molar-refractivity contribution is -0.163. The molecule has 4 nitrogen and oxygen atoms in total. The molecule has 1 saturated heterocycles. The Hall–Kier alpha value is -1.06. The van der Waals surface area contributed by atoms with E-state index >= 15 is 0 Å². The average Bonchev–Trinajstić information content (AvgIpc) is 2.89. The molecule has 1 amide bonds. The highest BCUT2D eigenvalue weighted by Gasteiger charge is 2.62. The molecule has 1 N–H and O–H groups in total. The van der Waals surface area contributed by atoms with Crippen molar-refractivity contribution in [3.05, 3.63) is 0 Å². The van der Waals surface area contributed by atoms with E-state index in [1.54, 1.807) is 0 Å². The number of carboxylic acid groups (broad SMARTS) is 1. The maximum atomic E-state index is 12.2. The van der Waals surface area contributed by atoms with Crippen LogP contribution >= 0.6 is 0 Å². The van der Waals surface area contributed by atoms with Crippen LogP contribution in [0.1, 0.15) is 65.2 Å². The van der Waals surface area contributed by atoms with Crippen LogP contribution in [0.25, 0.3) is 0 Å². The highest BCUT2D eigenvalue weighted by Crippen LogP contribution is 2.66. The first-order chi connectivity index (χ1) is 11.3. The molecule has 1 heterocycles. The Morgan fingerprint density at radius 3 is 2.46 bits per heavy atom. The second-order valence-corrected chi connectivity index (χ2v) is 9.49. The first kappa shape index (κ1) is 16.4. The monoisotopic (exact) mass is 333 g/mol. The van der Waals surface area contributed by atoms with Gasteiger partial charge in [0.15, 0.2) is 0 Å². The predicted molar refractivity (Wildman–Crippen MR) is 91.3 cm³/mol. The van der Waals surface area contributed by atoms with Gasteiger partial charge in [0, 0.05) is 19.5 Å². The summed E-state index contributed by atoms with van der Waals surface area (Å²) in [6.45, 7) is 4.67. The molecule has 1 aliphatic heterocycles. The first-order valence-electron chi connectivity index (χ1n) is 9.77. The number of likely N-dealkylation sites (tertiary alicyclic amines) is 1. The summed E-state index contributed by atoms with van der Waals surface area (Å²) in [5.74, 6) is 1.47. The summed E-state index contributed by atoms with van der Waals surface area (Å²) >= 11 is 0. The lowest BCUT2D eigenvalue weighted by Crippen LogP contribution is -2.61. The third kappa shape index (κ3) is 1.97. The normalized spacial score (nSPS) is 50.9. The molecule has 0 aromatic rings. The molecule has 0 bridgehead atoms. The van der Waals surface area contributed by atoms with Crippen LogP contribution in [-0.4, -0.2) is 35.0 Å². The Morgan fingerprint density at radius 1 is 1.04 bits per heavy atom. The first-order valence-corrected chi connectivity index (χ1v) is 9.77.